The number of carbonyl (C=O) groups is 2. The molecule has 0 amide bonds. The average molecular weight is 495 g/mol. The molecule has 14 heteroatoms. The Morgan fingerprint density at radius 1 is 1.15 bits per heavy atom. The Balaban J connectivity index is 0.000000675. The first-order valence-corrected chi connectivity index (χ1v) is 10.7. The number of aliphatic carboxylic acids is 1. The van der Waals surface area contributed by atoms with Gasteiger partial charge in [0.2, 0.25) is 0 Å². The number of aromatic carboxylic acids is 1. The summed E-state index contributed by atoms with van der Waals surface area (Å²) in [6.07, 6.45) is -2.01. The van der Waals surface area contributed by atoms with Crippen molar-refractivity contribution < 1.29 is 45.8 Å². The first-order valence-electron chi connectivity index (χ1n) is 9.22. The number of aromatic nitrogens is 1. The third kappa shape index (κ3) is 8.56. The number of halogens is 4. The molecule has 2 aromatic rings. The van der Waals surface area contributed by atoms with Crippen LogP contribution in [0.1, 0.15) is 30.1 Å². The Kier molecular flexibility index (Phi) is 9.58. The maximum atomic E-state index is 13.0. The molecule has 0 saturated heterocycles. The van der Waals surface area contributed by atoms with Gasteiger partial charge in [0.05, 0.1) is 16.8 Å². The average Bonchev–Trinajstić information content (AvgIpc) is 2.71. The van der Waals surface area contributed by atoms with Gasteiger partial charge in [0.25, 0.3) is 10.0 Å². The van der Waals surface area contributed by atoms with Gasteiger partial charge in [0.15, 0.2) is 0 Å². The highest BCUT2D eigenvalue weighted by Gasteiger charge is 2.38. The number of hydrogen-bond acceptors (Lipinski definition) is 6. The SMILES string of the molecule is CCCCN(C)c1ncc(NS(=O)(=O)c2ccc(F)cc2)cc1C(=O)O.O=C(O)C(F)(F)F. The van der Waals surface area contributed by atoms with Gasteiger partial charge in [-0.05, 0) is 36.8 Å². The molecule has 0 bridgehead atoms. The van der Waals surface area contributed by atoms with E-state index in [2.05, 4.69) is 9.71 Å². The normalized spacial score (nSPS) is 11.2. The van der Waals surface area contributed by atoms with Crippen LogP contribution in [0.2, 0.25) is 0 Å². The molecule has 1 aromatic heterocycles. The van der Waals surface area contributed by atoms with Crippen molar-refractivity contribution in [3.63, 3.8) is 0 Å². The monoisotopic (exact) mass is 495 g/mol. The minimum absolute atomic E-state index is 0.0133. The van der Waals surface area contributed by atoms with Crippen molar-refractivity contribution in [3.05, 3.63) is 47.9 Å². The van der Waals surface area contributed by atoms with Crippen LogP contribution in [0.4, 0.5) is 29.1 Å². The van der Waals surface area contributed by atoms with Gasteiger partial charge in [-0.3, -0.25) is 4.72 Å². The molecule has 0 radical (unpaired) electrons. The molecule has 3 N–H and O–H groups in total. The number of rotatable bonds is 8. The van der Waals surface area contributed by atoms with Crippen LogP contribution in [0.25, 0.3) is 0 Å². The second-order valence-electron chi connectivity index (χ2n) is 6.54. The molecule has 0 unspecified atom stereocenters. The van der Waals surface area contributed by atoms with Crippen molar-refractivity contribution in [1.29, 1.82) is 0 Å². The van der Waals surface area contributed by atoms with Crippen molar-refractivity contribution >= 4 is 33.5 Å². The summed E-state index contributed by atoms with van der Waals surface area (Å²) in [6.45, 7) is 2.65. The molecule has 0 aliphatic carbocycles. The Labute approximate surface area is 186 Å². The van der Waals surface area contributed by atoms with Crippen LogP contribution in [-0.2, 0) is 14.8 Å². The number of carboxylic acids is 2. The predicted octanol–water partition coefficient (Wildman–Crippen LogP) is 3.59. The molecule has 2 rings (SSSR count). The summed E-state index contributed by atoms with van der Waals surface area (Å²) in [4.78, 5) is 26.1. The molecule has 0 aliphatic heterocycles. The predicted molar refractivity (Wildman–Crippen MR) is 110 cm³/mol. The number of carboxylic acid groups (broad SMARTS) is 2. The minimum atomic E-state index is -5.08. The van der Waals surface area contributed by atoms with Crippen LogP contribution in [0.5, 0.6) is 0 Å². The lowest BCUT2D eigenvalue weighted by Gasteiger charge is -2.20. The second-order valence-corrected chi connectivity index (χ2v) is 8.22. The minimum Gasteiger partial charge on any atom is -0.478 e. The molecule has 1 aromatic carbocycles. The third-order valence-corrected chi connectivity index (χ3v) is 5.32. The summed E-state index contributed by atoms with van der Waals surface area (Å²) in [6, 6.07) is 5.52. The summed E-state index contributed by atoms with van der Waals surface area (Å²) >= 11 is 0. The lowest BCUT2D eigenvalue weighted by atomic mass is 10.2. The topological polar surface area (TPSA) is 137 Å². The summed E-state index contributed by atoms with van der Waals surface area (Å²) in [5.74, 6) is -4.26. The fourth-order valence-electron chi connectivity index (χ4n) is 2.30. The van der Waals surface area contributed by atoms with E-state index in [1.807, 2.05) is 6.92 Å². The Morgan fingerprint density at radius 2 is 1.70 bits per heavy atom. The number of anilines is 2. The molecular formula is C19H21F4N3O6S. The van der Waals surface area contributed by atoms with Crippen LogP contribution >= 0.6 is 0 Å². The van der Waals surface area contributed by atoms with Gasteiger partial charge in [-0.2, -0.15) is 13.2 Å². The number of hydrogen-bond donors (Lipinski definition) is 3. The van der Waals surface area contributed by atoms with Crippen LogP contribution in [0.3, 0.4) is 0 Å². The number of nitrogens with one attached hydrogen (secondary N) is 1. The van der Waals surface area contributed by atoms with Crippen LogP contribution in [0, 0.1) is 5.82 Å². The van der Waals surface area contributed by atoms with Gasteiger partial charge in [0, 0.05) is 13.6 Å². The van der Waals surface area contributed by atoms with Gasteiger partial charge >= 0.3 is 18.1 Å². The number of benzene rings is 1. The lowest BCUT2D eigenvalue weighted by molar-refractivity contribution is -0.192. The molecule has 9 nitrogen and oxygen atoms in total. The number of alkyl halides is 3. The number of nitrogens with zero attached hydrogens (tertiary/aromatic N) is 2. The van der Waals surface area contributed by atoms with Gasteiger partial charge in [-0.1, -0.05) is 13.3 Å². The van der Waals surface area contributed by atoms with E-state index >= 15 is 0 Å². The summed E-state index contributed by atoms with van der Waals surface area (Å²) < 4.78 is 71.6. The highest BCUT2D eigenvalue weighted by molar-refractivity contribution is 7.92. The lowest BCUT2D eigenvalue weighted by Crippen LogP contribution is -2.23. The molecular weight excluding hydrogens is 474 g/mol. The number of pyridine rings is 1. The number of sulfonamides is 1. The smallest absolute Gasteiger partial charge is 0.478 e. The second kappa shape index (κ2) is 11.4. The Bertz CT molecular complexity index is 1080. The van der Waals surface area contributed by atoms with E-state index in [1.54, 1.807) is 11.9 Å². The van der Waals surface area contributed by atoms with Gasteiger partial charge in [-0.25, -0.2) is 27.4 Å². The number of unbranched alkanes of at least 4 members (excludes halogenated alkanes) is 1. The van der Waals surface area contributed by atoms with Crippen LogP contribution in [0.15, 0.2) is 41.4 Å². The quantitative estimate of drug-likeness (QED) is 0.473. The van der Waals surface area contributed by atoms with E-state index in [4.69, 9.17) is 9.90 Å². The van der Waals surface area contributed by atoms with Gasteiger partial charge < -0.3 is 15.1 Å². The zero-order chi connectivity index (χ0) is 25.4. The van der Waals surface area contributed by atoms with Crippen molar-refractivity contribution in [2.24, 2.45) is 0 Å². The zero-order valence-corrected chi connectivity index (χ0v) is 18.2. The summed E-state index contributed by atoms with van der Waals surface area (Å²) in [5.41, 5.74) is -0.0951. The Hall–Kier alpha value is -3.42. The molecule has 33 heavy (non-hydrogen) atoms. The highest BCUT2D eigenvalue weighted by atomic mass is 32.2. The fourth-order valence-corrected chi connectivity index (χ4v) is 3.34. The van der Waals surface area contributed by atoms with Crippen molar-refractivity contribution in [1.82, 2.24) is 4.98 Å². The highest BCUT2D eigenvalue weighted by Crippen LogP contribution is 2.23. The van der Waals surface area contributed by atoms with E-state index < -0.39 is 34.0 Å². The van der Waals surface area contributed by atoms with Crippen LogP contribution < -0.4 is 9.62 Å². The van der Waals surface area contributed by atoms with Gasteiger partial charge in [-0.15, -0.1) is 0 Å². The fraction of sp³-hybridized carbons (Fsp3) is 0.316. The van der Waals surface area contributed by atoms with E-state index in [0.717, 1.165) is 37.1 Å². The Morgan fingerprint density at radius 3 is 2.15 bits per heavy atom. The largest absolute Gasteiger partial charge is 0.490 e. The van der Waals surface area contributed by atoms with Crippen LogP contribution in [-0.4, -0.2) is 55.3 Å². The maximum Gasteiger partial charge on any atom is 0.490 e. The van der Waals surface area contributed by atoms with E-state index in [9.17, 15) is 35.9 Å². The molecule has 182 valence electrons. The standard InChI is InChI=1S/C17H20FN3O4S.C2HF3O2/c1-3-4-9-21(2)16-15(17(22)23)10-13(11-19-16)20-26(24,25)14-7-5-12(18)6-8-14;3-2(4,5)1(6)7/h5-8,10-11,20H,3-4,9H2,1-2H3,(H,22,23);(H,6,7). The van der Waals surface area contributed by atoms with E-state index in [-0.39, 0.29) is 22.0 Å². The van der Waals surface area contributed by atoms with Gasteiger partial charge in [0.1, 0.15) is 17.2 Å². The van der Waals surface area contributed by atoms with Crippen molar-refractivity contribution in [2.75, 3.05) is 23.2 Å². The zero-order valence-electron chi connectivity index (χ0n) is 17.4. The molecule has 0 aliphatic rings. The molecule has 0 atom stereocenters. The third-order valence-electron chi connectivity index (χ3n) is 3.92. The van der Waals surface area contributed by atoms with E-state index in [1.165, 1.54) is 12.3 Å². The van der Waals surface area contributed by atoms with E-state index in [0.29, 0.717) is 6.54 Å². The van der Waals surface area contributed by atoms with Crippen molar-refractivity contribution in [2.45, 2.75) is 30.8 Å². The molecule has 0 saturated carbocycles. The molecule has 0 spiro atoms. The maximum absolute atomic E-state index is 13.0. The summed E-state index contributed by atoms with van der Waals surface area (Å²) in [5, 5.41) is 16.5. The molecule has 0 fully saturated rings. The van der Waals surface area contributed by atoms with Crippen molar-refractivity contribution in [3.8, 4) is 0 Å². The summed E-state index contributed by atoms with van der Waals surface area (Å²) in [7, 11) is -2.25. The first kappa shape index (κ1) is 27.6. The first-order chi connectivity index (χ1) is 15.2. The molecule has 1 heterocycles.